The molecular formula is C18H15N5O3S. The van der Waals surface area contributed by atoms with Crippen LogP contribution in [0, 0.1) is 6.92 Å². The van der Waals surface area contributed by atoms with Crippen LogP contribution in [0.5, 0.6) is 0 Å². The summed E-state index contributed by atoms with van der Waals surface area (Å²) in [5, 5.41) is 11.2. The smallest absolute Gasteiger partial charge is 0.369 e. The number of para-hydroxylation sites is 1. The monoisotopic (exact) mass is 381 g/mol. The number of carbonyl (C=O) groups excluding carboxylic acids is 1. The van der Waals surface area contributed by atoms with Crippen LogP contribution >= 0.6 is 11.3 Å². The number of aromatic nitrogens is 5. The summed E-state index contributed by atoms with van der Waals surface area (Å²) in [7, 11) is 1.32. The van der Waals surface area contributed by atoms with Crippen molar-refractivity contribution in [2.45, 2.75) is 13.5 Å². The Morgan fingerprint density at radius 3 is 2.74 bits per heavy atom. The molecule has 4 rings (SSSR count). The molecule has 0 saturated carbocycles. The molecule has 0 amide bonds. The first-order valence-corrected chi connectivity index (χ1v) is 9.01. The molecular weight excluding hydrogens is 366 g/mol. The van der Waals surface area contributed by atoms with Gasteiger partial charge in [0.05, 0.1) is 30.4 Å². The van der Waals surface area contributed by atoms with Crippen molar-refractivity contribution < 1.29 is 9.53 Å². The fourth-order valence-electron chi connectivity index (χ4n) is 2.97. The summed E-state index contributed by atoms with van der Waals surface area (Å²) < 4.78 is 7.33. The SMILES string of the molecule is COC(=O)c1c(Cn2nnn(-c3cccs3)c2=O)nc2ccccc2c1C. The van der Waals surface area contributed by atoms with Crippen molar-refractivity contribution >= 4 is 28.2 Å². The maximum Gasteiger partial charge on any atom is 0.369 e. The first-order chi connectivity index (χ1) is 13.1. The summed E-state index contributed by atoms with van der Waals surface area (Å²) in [5.74, 6) is -0.501. The molecule has 0 aliphatic heterocycles. The molecule has 4 aromatic rings. The molecule has 0 atom stereocenters. The molecule has 0 saturated heterocycles. The summed E-state index contributed by atoms with van der Waals surface area (Å²) in [4.78, 5) is 29.6. The van der Waals surface area contributed by atoms with Crippen molar-refractivity contribution in [1.82, 2.24) is 24.8 Å². The summed E-state index contributed by atoms with van der Waals surface area (Å²) in [6, 6.07) is 11.1. The quantitative estimate of drug-likeness (QED) is 0.503. The Hall–Kier alpha value is -3.33. The highest BCUT2D eigenvalue weighted by Crippen LogP contribution is 2.24. The third-order valence-electron chi connectivity index (χ3n) is 4.27. The number of carbonyl (C=O) groups is 1. The van der Waals surface area contributed by atoms with Gasteiger partial charge in [0.25, 0.3) is 0 Å². The Morgan fingerprint density at radius 2 is 2.00 bits per heavy atom. The van der Waals surface area contributed by atoms with Crippen molar-refractivity contribution in [1.29, 1.82) is 0 Å². The van der Waals surface area contributed by atoms with E-state index in [4.69, 9.17) is 4.74 Å². The second kappa shape index (κ2) is 6.76. The Labute approximate surface area is 157 Å². The molecule has 136 valence electrons. The summed E-state index contributed by atoms with van der Waals surface area (Å²) in [6.07, 6.45) is 0. The van der Waals surface area contributed by atoms with E-state index in [1.165, 1.54) is 27.8 Å². The molecule has 27 heavy (non-hydrogen) atoms. The lowest BCUT2D eigenvalue weighted by Crippen LogP contribution is -2.26. The van der Waals surface area contributed by atoms with E-state index in [-0.39, 0.29) is 6.54 Å². The first kappa shape index (κ1) is 17.1. The highest BCUT2D eigenvalue weighted by atomic mass is 32.1. The molecule has 0 bridgehead atoms. The number of hydrogen-bond acceptors (Lipinski definition) is 7. The maximum atomic E-state index is 12.6. The molecule has 0 aliphatic carbocycles. The van der Waals surface area contributed by atoms with Gasteiger partial charge in [-0.05, 0) is 46.5 Å². The minimum atomic E-state index is -0.501. The first-order valence-electron chi connectivity index (χ1n) is 8.13. The molecule has 0 N–H and O–H groups in total. The standard InChI is InChI=1S/C18H15N5O3S/c1-11-12-6-3-4-7-13(12)19-14(16(11)17(24)26-2)10-22-18(25)23(21-20-22)15-8-5-9-27-15/h3-9H,10H2,1-2H3. The predicted molar refractivity (Wildman–Crippen MR) is 100 cm³/mol. The minimum Gasteiger partial charge on any atom is -0.465 e. The molecule has 9 heteroatoms. The summed E-state index contributed by atoms with van der Waals surface area (Å²) in [5.41, 5.74) is 1.84. The molecule has 0 spiro atoms. The molecule has 1 aromatic carbocycles. The summed E-state index contributed by atoms with van der Waals surface area (Å²) >= 11 is 1.38. The van der Waals surface area contributed by atoms with E-state index < -0.39 is 11.7 Å². The normalized spacial score (nSPS) is 11.0. The van der Waals surface area contributed by atoms with Crippen molar-refractivity contribution in [3.05, 3.63) is 69.1 Å². The van der Waals surface area contributed by atoms with Crippen LogP contribution in [0.4, 0.5) is 0 Å². The molecule has 3 aromatic heterocycles. The number of rotatable bonds is 4. The lowest BCUT2D eigenvalue weighted by molar-refractivity contribution is 0.0598. The predicted octanol–water partition coefficient (Wildman–Crippen LogP) is 2.18. The van der Waals surface area contributed by atoms with E-state index in [1.807, 2.05) is 42.6 Å². The number of esters is 1. The number of tetrazole rings is 1. The van der Waals surface area contributed by atoms with Gasteiger partial charge in [0, 0.05) is 5.39 Å². The van der Waals surface area contributed by atoms with Gasteiger partial charge in [0.2, 0.25) is 0 Å². The number of thiophene rings is 1. The average molecular weight is 381 g/mol. The molecule has 0 unspecified atom stereocenters. The second-order valence-corrected chi connectivity index (χ2v) is 6.78. The van der Waals surface area contributed by atoms with Crippen LogP contribution < -0.4 is 5.69 Å². The van der Waals surface area contributed by atoms with Crippen molar-refractivity contribution in [2.75, 3.05) is 7.11 Å². The Morgan fingerprint density at radius 1 is 1.19 bits per heavy atom. The van der Waals surface area contributed by atoms with Gasteiger partial charge >= 0.3 is 11.7 Å². The topological polar surface area (TPSA) is 91.9 Å². The van der Waals surface area contributed by atoms with Crippen LogP contribution in [-0.4, -0.2) is 37.9 Å². The van der Waals surface area contributed by atoms with Gasteiger partial charge in [-0.15, -0.1) is 11.3 Å². The Balaban J connectivity index is 1.85. The fourth-order valence-corrected chi connectivity index (χ4v) is 3.64. The van der Waals surface area contributed by atoms with Crippen LogP contribution in [0.2, 0.25) is 0 Å². The lowest BCUT2D eigenvalue weighted by atomic mass is 10.0. The molecule has 3 heterocycles. The van der Waals surface area contributed by atoms with E-state index in [0.717, 1.165) is 16.5 Å². The van der Waals surface area contributed by atoms with Crippen LogP contribution in [0.25, 0.3) is 15.9 Å². The third kappa shape index (κ3) is 2.91. The number of hydrogen-bond donors (Lipinski definition) is 0. The number of ether oxygens (including phenoxy) is 1. The van der Waals surface area contributed by atoms with Gasteiger partial charge in [0.15, 0.2) is 0 Å². The van der Waals surface area contributed by atoms with Crippen molar-refractivity contribution in [3.8, 4) is 5.00 Å². The number of fused-ring (bicyclic) bond motifs is 1. The number of aryl methyl sites for hydroxylation is 1. The number of pyridine rings is 1. The zero-order chi connectivity index (χ0) is 19.0. The van der Waals surface area contributed by atoms with E-state index in [2.05, 4.69) is 15.4 Å². The van der Waals surface area contributed by atoms with Gasteiger partial charge in [-0.3, -0.25) is 0 Å². The van der Waals surface area contributed by atoms with E-state index in [0.29, 0.717) is 16.3 Å². The van der Waals surface area contributed by atoms with Crippen molar-refractivity contribution in [3.63, 3.8) is 0 Å². The van der Waals surface area contributed by atoms with Gasteiger partial charge < -0.3 is 4.74 Å². The molecule has 0 radical (unpaired) electrons. The van der Waals surface area contributed by atoms with E-state index in [9.17, 15) is 9.59 Å². The zero-order valence-electron chi connectivity index (χ0n) is 14.6. The Bertz CT molecular complexity index is 1190. The highest BCUT2D eigenvalue weighted by molar-refractivity contribution is 7.12. The van der Waals surface area contributed by atoms with E-state index >= 15 is 0 Å². The highest BCUT2D eigenvalue weighted by Gasteiger charge is 2.21. The Kier molecular flexibility index (Phi) is 4.28. The minimum absolute atomic E-state index is 0.0142. The summed E-state index contributed by atoms with van der Waals surface area (Å²) in [6.45, 7) is 1.85. The second-order valence-electron chi connectivity index (χ2n) is 5.85. The number of methoxy groups -OCH3 is 1. The average Bonchev–Trinajstić information content (AvgIpc) is 3.32. The van der Waals surface area contributed by atoms with Gasteiger partial charge in [-0.25, -0.2) is 14.6 Å². The third-order valence-corrected chi connectivity index (χ3v) is 5.11. The molecule has 0 aliphatic rings. The number of nitrogens with zero attached hydrogens (tertiary/aromatic N) is 5. The fraction of sp³-hybridized carbons (Fsp3) is 0.167. The van der Waals surface area contributed by atoms with Gasteiger partial charge in [-0.2, -0.15) is 9.36 Å². The van der Waals surface area contributed by atoms with Crippen LogP contribution in [-0.2, 0) is 11.3 Å². The maximum absolute atomic E-state index is 12.6. The van der Waals surface area contributed by atoms with Crippen LogP contribution in [0.15, 0.2) is 46.6 Å². The van der Waals surface area contributed by atoms with Crippen LogP contribution in [0.1, 0.15) is 21.6 Å². The van der Waals surface area contributed by atoms with Crippen LogP contribution in [0.3, 0.4) is 0 Å². The largest absolute Gasteiger partial charge is 0.465 e. The van der Waals surface area contributed by atoms with Gasteiger partial charge in [0.1, 0.15) is 5.00 Å². The molecule has 0 fully saturated rings. The lowest BCUT2D eigenvalue weighted by Gasteiger charge is -2.12. The van der Waals surface area contributed by atoms with Crippen molar-refractivity contribution in [2.24, 2.45) is 0 Å². The van der Waals surface area contributed by atoms with E-state index in [1.54, 1.807) is 6.07 Å². The van der Waals surface area contributed by atoms with Gasteiger partial charge in [-0.1, -0.05) is 18.2 Å². The zero-order valence-corrected chi connectivity index (χ0v) is 15.4. The molecule has 8 nitrogen and oxygen atoms in total. The number of benzene rings is 1.